The van der Waals surface area contributed by atoms with Crippen molar-refractivity contribution in [3.8, 4) is 5.75 Å². The van der Waals surface area contributed by atoms with Gasteiger partial charge in [0, 0.05) is 26.1 Å². The Bertz CT molecular complexity index is 670. The zero-order chi connectivity index (χ0) is 18.7. The van der Waals surface area contributed by atoms with Gasteiger partial charge in [-0.1, -0.05) is 0 Å². The number of hydroxylamine groups is 1. The normalized spacial score (nSPS) is 24.9. The van der Waals surface area contributed by atoms with Gasteiger partial charge in [-0.25, -0.2) is 14.7 Å². The zero-order valence-electron chi connectivity index (χ0n) is 15.5. The summed E-state index contributed by atoms with van der Waals surface area (Å²) in [5, 5.41) is 0. The molecule has 6 nitrogen and oxygen atoms in total. The molecule has 2 saturated heterocycles. The number of likely N-dealkylation sites (tertiary alicyclic amines) is 1. The molecule has 1 N–H and O–H groups in total. The Morgan fingerprint density at radius 3 is 2.93 bits per heavy atom. The highest BCUT2D eigenvalue weighted by atomic mass is 19.1. The molecule has 1 aromatic carbocycles. The number of ether oxygens (including phenoxy) is 2. The fourth-order valence-electron chi connectivity index (χ4n) is 4.13. The number of carbonyl (C=O) groups excluding carboxylic acids is 1. The van der Waals surface area contributed by atoms with Crippen LogP contribution in [0.15, 0.2) is 18.2 Å². The Morgan fingerprint density at radius 1 is 1.30 bits per heavy atom. The number of halogens is 1. The molecule has 1 atom stereocenters. The van der Waals surface area contributed by atoms with Crippen LogP contribution in [-0.2, 0) is 20.8 Å². The maximum Gasteiger partial charge on any atom is 0.257 e. The van der Waals surface area contributed by atoms with Gasteiger partial charge < -0.3 is 9.47 Å². The van der Waals surface area contributed by atoms with E-state index in [1.165, 1.54) is 6.07 Å². The standard InChI is InChI=1S/C20H27FN2O4/c21-16-4-5-17-15(13-16)6-7-20(26-17)8-10-23(11-9-20)14-18(24)22-27-19-3-1-2-12-25-19/h4-5,13,19H,1-3,6-12,14H2,(H,22,24). The number of hydrogen-bond donors (Lipinski definition) is 1. The highest BCUT2D eigenvalue weighted by Gasteiger charge is 2.39. The minimum atomic E-state index is -0.326. The predicted octanol–water partition coefficient (Wildman–Crippen LogP) is 2.56. The van der Waals surface area contributed by atoms with Crippen LogP contribution in [0, 0.1) is 5.82 Å². The Kier molecular flexibility index (Phi) is 5.61. The second-order valence-electron chi connectivity index (χ2n) is 7.75. The fourth-order valence-corrected chi connectivity index (χ4v) is 4.13. The Labute approximate surface area is 158 Å². The first-order chi connectivity index (χ1) is 13.1. The quantitative estimate of drug-likeness (QED) is 0.816. The monoisotopic (exact) mass is 378 g/mol. The van der Waals surface area contributed by atoms with Crippen molar-refractivity contribution in [2.24, 2.45) is 0 Å². The first-order valence-electron chi connectivity index (χ1n) is 9.88. The molecule has 0 saturated carbocycles. The van der Waals surface area contributed by atoms with Gasteiger partial charge in [0.2, 0.25) is 0 Å². The minimum absolute atomic E-state index is 0.148. The molecule has 0 bridgehead atoms. The summed E-state index contributed by atoms with van der Waals surface area (Å²) >= 11 is 0. The smallest absolute Gasteiger partial charge is 0.257 e. The number of nitrogens with one attached hydrogen (secondary N) is 1. The van der Waals surface area contributed by atoms with Crippen molar-refractivity contribution in [2.45, 2.75) is 56.8 Å². The third kappa shape index (κ3) is 4.59. The molecule has 4 rings (SSSR count). The molecule has 1 aromatic rings. The highest BCUT2D eigenvalue weighted by Crippen LogP contribution is 2.39. The van der Waals surface area contributed by atoms with Gasteiger partial charge >= 0.3 is 0 Å². The molecule has 148 valence electrons. The second-order valence-corrected chi connectivity index (χ2v) is 7.75. The van der Waals surface area contributed by atoms with E-state index in [9.17, 15) is 9.18 Å². The van der Waals surface area contributed by atoms with Crippen LogP contribution < -0.4 is 10.2 Å². The van der Waals surface area contributed by atoms with Crippen LogP contribution in [0.1, 0.15) is 44.1 Å². The third-order valence-electron chi connectivity index (χ3n) is 5.78. The van der Waals surface area contributed by atoms with Crippen LogP contribution in [0.5, 0.6) is 5.75 Å². The summed E-state index contributed by atoms with van der Waals surface area (Å²) in [7, 11) is 0. The predicted molar refractivity (Wildman–Crippen MR) is 96.6 cm³/mol. The second kappa shape index (κ2) is 8.12. The Hall–Kier alpha value is -1.70. The molecular formula is C20H27FN2O4. The number of rotatable bonds is 4. The lowest BCUT2D eigenvalue weighted by atomic mass is 9.83. The topological polar surface area (TPSA) is 60.0 Å². The fraction of sp³-hybridized carbons (Fsp3) is 0.650. The van der Waals surface area contributed by atoms with Gasteiger partial charge in [-0.15, -0.1) is 0 Å². The van der Waals surface area contributed by atoms with Gasteiger partial charge in [-0.2, -0.15) is 0 Å². The summed E-state index contributed by atoms with van der Waals surface area (Å²) in [5.74, 6) is 0.440. The molecule has 1 unspecified atom stereocenters. The van der Waals surface area contributed by atoms with Crippen molar-refractivity contribution in [1.82, 2.24) is 10.4 Å². The number of aryl methyl sites for hydroxylation is 1. The van der Waals surface area contributed by atoms with Crippen molar-refractivity contribution >= 4 is 5.91 Å². The molecule has 3 aliphatic heterocycles. The van der Waals surface area contributed by atoms with E-state index >= 15 is 0 Å². The maximum atomic E-state index is 13.4. The average molecular weight is 378 g/mol. The molecule has 27 heavy (non-hydrogen) atoms. The molecule has 0 aromatic heterocycles. The Balaban J connectivity index is 1.23. The van der Waals surface area contributed by atoms with Crippen molar-refractivity contribution < 1.29 is 23.5 Å². The first-order valence-corrected chi connectivity index (χ1v) is 9.88. The molecular weight excluding hydrogens is 351 g/mol. The van der Waals surface area contributed by atoms with Crippen LogP contribution in [0.2, 0.25) is 0 Å². The number of carbonyl (C=O) groups is 1. The first kappa shape index (κ1) is 18.7. The number of nitrogens with zero attached hydrogens (tertiary/aromatic N) is 1. The lowest BCUT2D eigenvalue weighted by molar-refractivity contribution is -0.201. The molecule has 2 fully saturated rings. The summed E-state index contributed by atoms with van der Waals surface area (Å²) in [6.45, 7) is 2.59. The highest BCUT2D eigenvalue weighted by molar-refractivity contribution is 5.76. The van der Waals surface area contributed by atoms with Crippen molar-refractivity contribution in [2.75, 3.05) is 26.2 Å². The molecule has 7 heteroatoms. The van der Waals surface area contributed by atoms with Gasteiger partial charge in [0.15, 0.2) is 6.29 Å². The molecule has 1 spiro atoms. The van der Waals surface area contributed by atoms with E-state index in [1.54, 1.807) is 12.1 Å². The molecule has 3 heterocycles. The van der Waals surface area contributed by atoms with Gasteiger partial charge in [0.05, 0.1) is 6.54 Å². The van der Waals surface area contributed by atoms with E-state index in [-0.39, 0.29) is 23.6 Å². The lowest BCUT2D eigenvalue weighted by Gasteiger charge is -2.44. The summed E-state index contributed by atoms with van der Waals surface area (Å²) in [4.78, 5) is 19.6. The maximum absolute atomic E-state index is 13.4. The number of fused-ring (bicyclic) bond motifs is 1. The summed E-state index contributed by atoms with van der Waals surface area (Å²) in [5.41, 5.74) is 3.28. The Morgan fingerprint density at radius 2 is 2.15 bits per heavy atom. The van der Waals surface area contributed by atoms with Crippen LogP contribution in [-0.4, -0.2) is 48.9 Å². The summed E-state index contributed by atoms with van der Waals surface area (Å²) < 4.78 is 25.1. The number of hydrogen-bond acceptors (Lipinski definition) is 5. The molecule has 1 amide bonds. The van der Waals surface area contributed by atoms with E-state index in [2.05, 4.69) is 10.4 Å². The van der Waals surface area contributed by atoms with Crippen molar-refractivity contribution in [3.63, 3.8) is 0 Å². The SMILES string of the molecule is O=C(CN1CCC2(CCc3cc(F)ccc3O2)CC1)NOC1CCCCO1. The van der Waals surface area contributed by atoms with E-state index in [0.717, 1.165) is 69.3 Å². The van der Waals surface area contributed by atoms with E-state index in [1.807, 2.05) is 0 Å². The van der Waals surface area contributed by atoms with E-state index in [0.29, 0.717) is 13.2 Å². The number of amides is 1. The van der Waals surface area contributed by atoms with Crippen molar-refractivity contribution in [1.29, 1.82) is 0 Å². The summed E-state index contributed by atoms with van der Waals surface area (Å²) in [6.07, 6.45) is 6.06. The average Bonchev–Trinajstić information content (AvgIpc) is 2.69. The largest absolute Gasteiger partial charge is 0.487 e. The zero-order valence-corrected chi connectivity index (χ0v) is 15.5. The molecule has 0 aliphatic carbocycles. The third-order valence-corrected chi connectivity index (χ3v) is 5.78. The van der Waals surface area contributed by atoms with Gasteiger partial charge in [0.25, 0.3) is 5.91 Å². The van der Waals surface area contributed by atoms with E-state index in [4.69, 9.17) is 14.3 Å². The van der Waals surface area contributed by atoms with Crippen LogP contribution in [0.3, 0.4) is 0 Å². The minimum Gasteiger partial charge on any atom is -0.487 e. The number of benzene rings is 1. The van der Waals surface area contributed by atoms with E-state index < -0.39 is 0 Å². The van der Waals surface area contributed by atoms with Crippen molar-refractivity contribution in [3.05, 3.63) is 29.6 Å². The number of piperidine rings is 1. The van der Waals surface area contributed by atoms with Gasteiger partial charge in [-0.05, 0) is 62.3 Å². The lowest BCUT2D eigenvalue weighted by Crippen LogP contribution is -2.51. The van der Waals surface area contributed by atoms with Gasteiger partial charge in [0.1, 0.15) is 17.2 Å². The molecule has 0 radical (unpaired) electrons. The molecule has 3 aliphatic rings. The van der Waals surface area contributed by atoms with Crippen LogP contribution in [0.4, 0.5) is 4.39 Å². The van der Waals surface area contributed by atoms with Gasteiger partial charge in [-0.3, -0.25) is 9.69 Å². The summed E-state index contributed by atoms with van der Waals surface area (Å²) in [6, 6.07) is 4.75. The van der Waals surface area contributed by atoms with Crippen LogP contribution in [0.25, 0.3) is 0 Å². The van der Waals surface area contributed by atoms with Crippen LogP contribution >= 0.6 is 0 Å².